The molecule has 2 aromatic carbocycles. The topological polar surface area (TPSA) is 75.3 Å². The van der Waals surface area contributed by atoms with Crippen LogP contribution in [-0.4, -0.2) is 21.4 Å². The highest BCUT2D eigenvalue weighted by Crippen LogP contribution is 2.15. The first kappa shape index (κ1) is 19.1. The lowest BCUT2D eigenvalue weighted by molar-refractivity contribution is 0.102. The van der Waals surface area contributed by atoms with Gasteiger partial charge in [0.2, 0.25) is 10.0 Å². The molecule has 0 aliphatic heterocycles. The van der Waals surface area contributed by atoms with Gasteiger partial charge in [0, 0.05) is 11.3 Å². The zero-order valence-corrected chi connectivity index (χ0v) is 15.4. The summed E-state index contributed by atoms with van der Waals surface area (Å²) in [4.78, 5) is 12.4. The van der Waals surface area contributed by atoms with Crippen LogP contribution < -0.4 is 10.0 Å². The molecule has 0 aliphatic carbocycles. The van der Waals surface area contributed by atoms with Gasteiger partial charge in [-0.15, -0.1) is 0 Å². The standard InChI is InChI=1S/C19H24N2O3S/c1-3-4-5-6-15-7-11-17(12-8-15)21-19(22)16-9-13-18(14-10-16)25(23,24)20-2/h7-14,20H,3-6H2,1-2H3,(H,21,22). The van der Waals surface area contributed by atoms with Crippen LogP contribution in [-0.2, 0) is 16.4 Å². The molecule has 0 aliphatic rings. The molecule has 6 heteroatoms. The van der Waals surface area contributed by atoms with Gasteiger partial charge in [-0.2, -0.15) is 0 Å². The van der Waals surface area contributed by atoms with Crippen LogP contribution in [0, 0.1) is 0 Å². The van der Waals surface area contributed by atoms with Gasteiger partial charge >= 0.3 is 0 Å². The molecule has 1 amide bonds. The number of sulfonamides is 1. The minimum atomic E-state index is -3.50. The van der Waals surface area contributed by atoms with Crippen LogP contribution >= 0.6 is 0 Å². The van der Waals surface area contributed by atoms with Crippen molar-refractivity contribution in [2.75, 3.05) is 12.4 Å². The molecule has 0 bridgehead atoms. The van der Waals surface area contributed by atoms with Crippen LogP contribution in [0.3, 0.4) is 0 Å². The fourth-order valence-electron chi connectivity index (χ4n) is 2.44. The molecule has 134 valence electrons. The van der Waals surface area contributed by atoms with E-state index >= 15 is 0 Å². The molecule has 0 atom stereocenters. The second-order valence-corrected chi connectivity index (χ2v) is 7.73. The van der Waals surface area contributed by atoms with Crippen LogP contribution in [0.2, 0.25) is 0 Å². The molecule has 2 rings (SSSR count). The Hall–Kier alpha value is -2.18. The number of rotatable bonds is 8. The Bertz CT molecular complexity index is 798. The summed E-state index contributed by atoms with van der Waals surface area (Å²) in [5, 5.41) is 2.82. The Kier molecular flexibility index (Phi) is 6.73. The van der Waals surface area contributed by atoms with E-state index in [4.69, 9.17) is 0 Å². The summed E-state index contributed by atoms with van der Waals surface area (Å²) in [6.45, 7) is 2.18. The summed E-state index contributed by atoms with van der Waals surface area (Å²) < 4.78 is 25.6. The molecule has 0 heterocycles. The number of hydrogen-bond donors (Lipinski definition) is 2. The maximum Gasteiger partial charge on any atom is 0.255 e. The Morgan fingerprint density at radius 3 is 2.16 bits per heavy atom. The monoisotopic (exact) mass is 360 g/mol. The van der Waals surface area contributed by atoms with E-state index in [0.717, 1.165) is 12.1 Å². The summed E-state index contributed by atoms with van der Waals surface area (Å²) in [7, 11) is -2.15. The zero-order chi connectivity index (χ0) is 18.3. The summed E-state index contributed by atoms with van der Waals surface area (Å²) in [6, 6.07) is 13.6. The first-order valence-corrected chi connectivity index (χ1v) is 9.88. The summed E-state index contributed by atoms with van der Waals surface area (Å²) in [6.07, 6.45) is 4.63. The van der Waals surface area contributed by atoms with Crippen LogP contribution in [0.25, 0.3) is 0 Å². The number of benzene rings is 2. The van der Waals surface area contributed by atoms with Crippen molar-refractivity contribution in [2.24, 2.45) is 0 Å². The van der Waals surface area contributed by atoms with Crippen molar-refractivity contribution in [3.8, 4) is 0 Å². The van der Waals surface area contributed by atoms with Crippen molar-refractivity contribution in [2.45, 2.75) is 37.5 Å². The van der Waals surface area contributed by atoms with E-state index in [2.05, 4.69) is 17.0 Å². The maximum absolute atomic E-state index is 12.3. The van der Waals surface area contributed by atoms with Gasteiger partial charge in [0.05, 0.1) is 4.90 Å². The summed E-state index contributed by atoms with van der Waals surface area (Å²) in [5.74, 6) is -0.271. The fraction of sp³-hybridized carbons (Fsp3) is 0.316. The van der Waals surface area contributed by atoms with Crippen LogP contribution in [0.1, 0.15) is 42.1 Å². The molecule has 0 unspecified atom stereocenters. The van der Waals surface area contributed by atoms with E-state index < -0.39 is 10.0 Å². The summed E-state index contributed by atoms with van der Waals surface area (Å²) in [5.41, 5.74) is 2.38. The van der Waals surface area contributed by atoms with Crippen molar-refractivity contribution in [3.63, 3.8) is 0 Å². The normalized spacial score (nSPS) is 11.3. The summed E-state index contributed by atoms with van der Waals surface area (Å²) >= 11 is 0. The number of aryl methyl sites for hydroxylation is 1. The SMILES string of the molecule is CCCCCc1ccc(NC(=O)c2ccc(S(=O)(=O)NC)cc2)cc1. The third-order valence-corrected chi connectivity index (χ3v) is 5.41. The number of carbonyl (C=O) groups is 1. The third kappa shape index (κ3) is 5.41. The maximum atomic E-state index is 12.3. The van der Waals surface area contributed by atoms with Crippen molar-refractivity contribution in [3.05, 3.63) is 59.7 Å². The van der Waals surface area contributed by atoms with Crippen molar-refractivity contribution in [1.82, 2.24) is 4.72 Å². The number of hydrogen-bond acceptors (Lipinski definition) is 3. The van der Waals surface area contributed by atoms with E-state index in [9.17, 15) is 13.2 Å². The lowest BCUT2D eigenvalue weighted by atomic mass is 10.1. The van der Waals surface area contributed by atoms with E-state index in [1.807, 2.05) is 24.3 Å². The van der Waals surface area contributed by atoms with Crippen LogP contribution in [0.5, 0.6) is 0 Å². The van der Waals surface area contributed by atoms with E-state index in [-0.39, 0.29) is 10.8 Å². The highest BCUT2D eigenvalue weighted by molar-refractivity contribution is 7.89. The van der Waals surface area contributed by atoms with Gasteiger partial charge in [-0.05, 0) is 61.9 Å². The minimum Gasteiger partial charge on any atom is -0.322 e. The highest BCUT2D eigenvalue weighted by atomic mass is 32.2. The average Bonchev–Trinajstić information content (AvgIpc) is 2.63. The average molecular weight is 360 g/mol. The number of unbranched alkanes of at least 4 members (excludes halogenated alkanes) is 2. The molecule has 5 nitrogen and oxygen atoms in total. The molecule has 0 aromatic heterocycles. The zero-order valence-electron chi connectivity index (χ0n) is 14.6. The van der Waals surface area contributed by atoms with Gasteiger partial charge in [0.25, 0.3) is 5.91 Å². The van der Waals surface area contributed by atoms with E-state index in [0.29, 0.717) is 5.56 Å². The molecule has 2 aromatic rings. The molecule has 0 radical (unpaired) electrons. The number of nitrogens with one attached hydrogen (secondary N) is 2. The van der Waals surface area contributed by atoms with Crippen molar-refractivity contribution in [1.29, 1.82) is 0 Å². The Morgan fingerprint density at radius 1 is 0.960 bits per heavy atom. The molecular formula is C19H24N2O3S. The lowest BCUT2D eigenvalue weighted by Crippen LogP contribution is -2.19. The van der Waals surface area contributed by atoms with E-state index in [1.54, 1.807) is 0 Å². The largest absolute Gasteiger partial charge is 0.322 e. The second kappa shape index (κ2) is 8.78. The second-order valence-electron chi connectivity index (χ2n) is 5.84. The fourth-order valence-corrected chi connectivity index (χ4v) is 3.17. The van der Waals surface area contributed by atoms with Crippen molar-refractivity contribution >= 4 is 21.6 Å². The van der Waals surface area contributed by atoms with Gasteiger partial charge < -0.3 is 5.32 Å². The van der Waals surface area contributed by atoms with Gasteiger partial charge in [-0.3, -0.25) is 4.79 Å². The first-order valence-electron chi connectivity index (χ1n) is 8.40. The molecule has 25 heavy (non-hydrogen) atoms. The number of anilines is 1. The first-order chi connectivity index (χ1) is 12.0. The Labute approximate surface area is 149 Å². The minimum absolute atomic E-state index is 0.128. The molecular weight excluding hydrogens is 336 g/mol. The van der Waals surface area contributed by atoms with Crippen molar-refractivity contribution < 1.29 is 13.2 Å². The van der Waals surface area contributed by atoms with Gasteiger partial charge in [0.1, 0.15) is 0 Å². The van der Waals surface area contributed by atoms with Gasteiger partial charge in [0.15, 0.2) is 0 Å². The molecule has 0 saturated heterocycles. The highest BCUT2D eigenvalue weighted by Gasteiger charge is 2.12. The smallest absolute Gasteiger partial charge is 0.255 e. The molecule has 0 fully saturated rings. The predicted octanol–water partition coefficient (Wildman–Crippen LogP) is 3.58. The number of amides is 1. The van der Waals surface area contributed by atoms with Crippen LogP contribution in [0.4, 0.5) is 5.69 Å². The van der Waals surface area contributed by atoms with Gasteiger partial charge in [-0.1, -0.05) is 31.9 Å². The predicted molar refractivity (Wildman–Crippen MR) is 100 cm³/mol. The lowest BCUT2D eigenvalue weighted by Gasteiger charge is -2.08. The molecule has 0 spiro atoms. The van der Waals surface area contributed by atoms with Crippen LogP contribution in [0.15, 0.2) is 53.4 Å². The quantitative estimate of drug-likeness (QED) is 0.707. The molecule has 2 N–H and O–H groups in total. The molecule has 0 saturated carbocycles. The number of carbonyl (C=O) groups excluding carboxylic acids is 1. The third-order valence-electron chi connectivity index (χ3n) is 3.98. The Balaban J connectivity index is 1.99. The van der Waals surface area contributed by atoms with E-state index in [1.165, 1.54) is 56.1 Å². The Morgan fingerprint density at radius 2 is 1.60 bits per heavy atom. The van der Waals surface area contributed by atoms with Gasteiger partial charge in [-0.25, -0.2) is 13.1 Å².